The molecular weight excluding hydrogens is 255 g/mol. The average Bonchev–Trinajstić information content (AvgIpc) is 2.81. The lowest BCUT2D eigenvalue weighted by Crippen LogP contribution is -2.08. The molecule has 3 rings (SSSR count). The number of benzene rings is 1. The molecule has 2 aromatic heterocycles. The molecule has 0 aliphatic heterocycles. The predicted molar refractivity (Wildman–Crippen MR) is 63.4 cm³/mol. The minimum Gasteiger partial charge on any atom is -0.232 e. The summed E-state index contributed by atoms with van der Waals surface area (Å²) in [6.45, 7) is 0. The van der Waals surface area contributed by atoms with Gasteiger partial charge in [0.25, 0.3) is 0 Å². The fraction of sp³-hybridized carbons (Fsp3) is 0.0769. The standard InChI is InChI=1S/C13H8F3N3/c14-13(15,16)12-7-10-6-11(18-19(10)8-17-12)9-4-2-1-3-5-9/h1-8H. The summed E-state index contributed by atoms with van der Waals surface area (Å²) in [6, 6.07) is 11.8. The van der Waals surface area contributed by atoms with Gasteiger partial charge in [-0.3, -0.25) is 0 Å². The summed E-state index contributed by atoms with van der Waals surface area (Å²) in [7, 11) is 0. The molecule has 1 aromatic carbocycles. The maximum Gasteiger partial charge on any atom is 0.433 e. The molecule has 0 aliphatic rings. The highest BCUT2D eigenvalue weighted by atomic mass is 19.4. The van der Waals surface area contributed by atoms with Crippen molar-refractivity contribution >= 4 is 5.52 Å². The first-order valence-electron chi connectivity index (χ1n) is 5.52. The first kappa shape index (κ1) is 11.7. The lowest BCUT2D eigenvalue weighted by Gasteiger charge is -2.04. The van der Waals surface area contributed by atoms with Crippen molar-refractivity contribution in [3.05, 3.63) is 54.5 Å². The monoisotopic (exact) mass is 263 g/mol. The molecule has 0 fully saturated rings. The molecule has 0 unspecified atom stereocenters. The summed E-state index contributed by atoms with van der Waals surface area (Å²) in [6.07, 6.45) is -3.37. The van der Waals surface area contributed by atoms with Crippen molar-refractivity contribution in [2.75, 3.05) is 0 Å². The van der Waals surface area contributed by atoms with Gasteiger partial charge in [0.15, 0.2) is 0 Å². The van der Waals surface area contributed by atoms with Crippen molar-refractivity contribution in [1.29, 1.82) is 0 Å². The van der Waals surface area contributed by atoms with Gasteiger partial charge >= 0.3 is 6.18 Å². The third-order valence-corrected chi connectivity index (χ3v) is 2.72. The van der Waals surface area contributed by atoms with Crippen LogP contribution in [0, 0.1) is 0 Å². The molecule has 0 spiro atoms. The molecule has 0 atom stereocenters. The number of halogens is 3. The Kier molecular flexibility index (Phi) is 2.51. The summed E-state index contributed by atoms with van der Waals surface area (Å²) in [5, 5.41) is 4.19. The highest BCUT2D eigenvalue weighted by Gasteiger charge is 2.32. The van der Waals surface area contributed by atoms with E-state index < -0.39 is 11.9 Å². The maximum absolute atomic E-state index is 12.6. The molecule has 0 saturated heterocycles. The number of aromatic nitrogens is 3. The van der Waals surface area contributed by atoms with Gasteiger partial charge in [-0.15, -0.1) is 0 Å². The van der Waals surface area contributed by atoms with Crippen LogP contribution in [0.2, 0.25) is 0 Å². The minimum atomic E-state index is -4.45. The zero-order valence-corrected chi connectivity index (χ0v) is 9.59. The Bertz CT molecular complexity index is 717. The molecule has 0 amide bonds. The Labute approximate surface area is 106 Å². The molecule has 0 N–H and O–H groups in total. The van der Waals surface area contributed by atoms with Crippen LogP contribution in [-0.2, 0) is 6.18 Å². The van der Waals surface area contributed by atoms with Crippen LogP contribution in [0.3, 0.4) is 0 Å². The molecule has 0 saturated carbocycles. The fourth-order valence-corrected chi connectivity index (χ4v) is 1.81. The van der Waals surface area contributed by atoms with Crippen molar-refractivity contribution in [3.8, 4) is 11.3 Å². The van der Waals surface area contributed by atoms with Gasteiger partial charge in [-0.2, -0.15) is 18.3 Å². The van der Waals surface area contributed by atoms with E-state index in [1.165, 1.54) is 4.52 Å². The van der Waals surface area contributed by atoms with E-state index in [9.17, 15) is 13.2 Å². The summed E-state index contributed by atoms with van der Waals surface area (Å²) in [5.41, 5.74) is 0.905. The SMILES string of the molecule is FC(F)(F)c1cc2cc(-c3ccccc3)nn2cn1. The van der Waals surface area contributed by atoms with Crippen LogP contribution in [0.1, 0.15) is 5.69 Å². The molecule has 19 heavy (non-hydrogen) atoms. The van der Waals surface area contributed by atoms with Crippen molar-refractivity contribution in [3.63, 3.8) is 0 Å². The van der Waals surface area contributed by atoms with Gasteiger partial charge in [0.05, 0.1) is 11.2 Å². The van der Waals surface area contributed by atoms with Crippen LogP contribution in [0.25, 0.3) is 16.8 Å². The number of nitrogens with zero attached hydrogens (tertiary/aromatic N) is 3. The molecule has 3 aromatic rings. The third kappa shape index (κ3) is 2.16. The number of hydrogen-bond acceptors (Lipinski definition) is 2. The summed E-state index contributed by atoms with van der Waals surface area (Å²) < 4.78 is 39.0. The summed E-state index contributed by atoms with van der Waals surface area (Å²) in [5.74, 6) is 0. The molecule has 96 valence electrons. The molecule has 2 heterocycles. The first-order chi connectivity index (χ1) is 9.04. The zero-order valence-electron chi connectivity index (χ0n) is 9.59. The Morgan fingerprint density at radius 2 is 1.74 bits per heavy atom. The van der Waals surface area contributed by atoms with E-state index in [0.717, 1.165) is 18.0 Å². The molecular formula is C13H8F3N3. The van der Waals surface area contributed by atoms with Gasteiger partial charge in [-0.1, -0.05) is 30.3 Å². The average molecular weight is 263 g/mol. The molecule has 0 radical (unpaired) electrons. The topological polar surface area (TPSA) is 30.2 Å². The molecule has 3 nitrogen and oxygen atoms in total. The second-order valence-corrected chi connectivity index (χ2v) is 4.04. The Hall–Kier alpha value is -2.37. The number of alkyl halides is 3. The number of hydrogen-bond donors (Lipinski definition) is 0. The van der Waals surface area contributed by atoms with E-state index in [1.54, 1.807) is 6.07 Å². The van der Waals surface area contributed by atoms with Crippen molar-refractivity contribution < 1.29 is 13.2 Å². The van der Waals surface area contributed by atoms with Gasteiger partial charge in [-0.25, -0.2) is 9.50 Å². The van der Waals surface area contributed by atoms with Gasteiger partial charge < -0.3 is 0 Å². The molecule has 0 bridgehead atoms. The quantitative estimate of drug-likeness (QED) is 0.673. The zero-order chi connectivity index (χ0) is 13.5. The largest absolute Gasteiger partial charge is 0.433 e. The van der Waals surface area contributed by atoms with Gasteiger partial charge in [-0.05, 0) is 12.1 Å². The van der Waals surface area contributed by atoms with E-state index in [4.69, 9.17) is 0 Å². The number of fused-ring (bicyclic) bond motifs is 1. The van der Waals surface area contributed by atoms with Crippen LogP contribution in [0.4, 0.5) is 13.2 Å². The van der Waals surface area contributed by atoms with Crippen molar-refractivity contribution in [2.45, 2.75) is 6.18 Å². The smallest absolute Gasteiger partial charge is 0.232 e. The second-order valence-electron chi connectivity index (χ2n) is 4.04. The highest BCUT2D eigenvalue weighted by molar-refractivity contribution is 5.65. The Morgan fingerprint density at radius 3 is 2.42 bits per heavy atom. The van der Waals surface area contributed by atoms with Crippen molar-refractivity contribution in [1.82, 2.24) is 14.6 Å². The highest BCUT2D eigenvalue weighted by Crippen LogP contribution is 2.28. The van der Waals surface area contributed by atoms with Crippen LogP contribution >= 0.6 is 0 Å². The normalized spacial score (nSPS) is 11.9. The van der Waals surface area contributed by atoms with E-state index in [2.05, 4.69) is 10.1 Å². The van der Waals surface area contributed by atoms with Crippen LogP contribution in [0.15, 0.2) is 48.8 Å². The van der Waals surface area contributed by atoms with Gasteiger partial charge in [0.2, 0.25) is 0 Å². The fourth-order valence-electron chi connectivity index (χ4n) is 1.81. The molecule has 0 aliphatic carbocycles. The van der Waals surface area contributed by atoms with E-state index in [-0.39, 0.29) is 0 Å². The maximum atomic E-state index is 12.6. The van der Waals surface area contributed by atoms with Crippen LogP contribution < -0.4 is 0 Å². The predicted octanol–water partition coefficient (Wildman–Crippen LogP) is 3.42. The van der Waals surface area contributed by atoms with E-state index in [0.29, 0.717) is 11.2 Å². The number of rotatable bonds is 1. The first-order valence-corrected chi connectivity index (χ1v) is 5.52. The van der Waals surface area contributed by atoms with Crippen molar-refractivity contribution in [2.24, 2.45) is 0 Å². The van der Waals surface area contributed by atoms with Gasteiger partial charge in [0, 0.05) is 5.56 Å². The molecule has 6 heteroatoms. The van der Waals surface area contributed by atoms with Crippen LogP contribution in [-0.4, -0.2) is 14.6 Å². The summed E-state index contributed by atoms with van der Waals surface area (Å²) in [4.78, 5) is 3.36. The minimum absolute atomic E-state index is 0.362. The third-order valence-electron chi connectivity index (χ3n) is 2.72. The lowest BCUT2D eigenvalue weighted by atomic mass is 10.1. The summed E-state index contributed by atoms with van der Waals surface area (Å²) >= 11 is 0. The van der Waals surface area contributed by atoms with Crippen LogP contribution in [0.5, 0.6) is 0 Å². The van der Waals surface area contributed by atoms with E-state index in [1.807, 2.05) is 30.3 Å². The Balaban J connectivity index is 2.12. The van der Waals surface area contributed by atoms with Gasteiger partial charge in [0.1, 0.15) is 12.0 Å². The second kappa shape index (κ2) is 4.08. The van der Waals surface area contributed by atoms with E-state index >= 15 is 0 Å². The Morgan fingerprint density at radius 1 is 1.00 bits per heavy atom. The lowest BCUT2D eigenvalue weighted by molar-refractivity contribution is -0.141.